The Morgan fingerprint density at radius 2 is 1.62 bits per heavy atom. The summed E-state index contributed by atoms with van der Waals surface area (Å²) in [5.74, 6) is -6.84. The van der Waals surface area contributed by atoms with E-state index in [1.54, 1.807) is 6.92 Å². The van der Waals surface area contributed by atoms with Crippen molar-refractivity contribution in [1.29, 1.82) is 0 Å². The molecule has 4 nitrogen and oxygen atoms in total. The van der Waals surface area contributed by atoms with Crippen LogP contribution in [0.15, 0.2) is 0 Å². The highest BCUT2D eigenvalue weighted by Gasteiger charge is 2.68. The molecular formula is C23H34F2O4. The number of hydrogen-bond donors (Lipinski definition) is 2. The lowest BCUT2D eigenvalue weighted by Crippen LogP contribution is -2.61. The van der Waals surface area contributed by atoms with Crippen LogP contribution in [0, 0.1) is 46.3 Å². The maximum Gasteiger partial charge on any atom is 0.372 e. The van der Waals surface area contributed by atoms with Gasteiger partial charge in [0.25, 0.3) is 5.92 Å². The Bertz CT molecular complexity index is 709. The number of hydrogen-bond acceptors (Lipinski definition) is 3. The number of carbonyl (C=O) groups excluding carboxylic acids is 1. The summed E-state index contributed by atoms with van der Waals surface area (Å²) in [6.07, 6.45) is 4.15. The Kier molecular flexibility index (Phi) is 4.92. The predicted molar refractivity (Wildman–Crippen MR) is 103 cm³/mol. The molecule has 4 saturated carbocycles. The summed E-state index contributed by atoms with van der Waals surface area (Å²) in [4.78, 5) is 23.4. The molecule has 29 heavy (non-hydrogen) atoms. The van der Waals surface area contributed by atoms with Gasteiger partial charge in [-0.25, -0.2) is 13.6 Å². The second kappa shape index (κ2) is 6.73. The molecule has 4 aliphatic rings. The number of carboxylic acid groups (broad SMARTS) is 1. The van der Waals surface area contributed by atoms with Gasteiger partial charge in [-0.3, -0.25) is 4.79 Å². The van der Waals surface area contributed by atoms with E-state index in [0.717, 1.165) is 12.8 Å². The first-order valence-electron chi connectivity index (χ1n) is 11.2. The topological polar surface area (TPSA) is 74.6 Å². The molecule has 0 saturated heterocycles. The minimum atomic E-state index is -2.77. The van der Waals surface area contributed by atoms with E-state index in [9.17, 15) is 14.7 Å². The van der Waals surface area contributed by atoms with Crippen LogP contribution in [-0.4, -0.2) is 34.0 Å². The Labute approximate surface area is 171 Å². The lowest BCUT2D eigenvalue weighted by atomic mass is 9.43. The fourth-order valence-electron chi connectivity index (χ4n) is 8.37. The van der Waals surface area contributed by atoms with Crippen molar-refractivity contribution in [3.63, 3.8) is 0 Å². The van der Waals surface area contributed by atoms with Crippen molar-refractivity contribution in [1.82, 2.24) is 0 Å². The van der Waals surface area contributed by atoms with E-state index in [1.807, 2.05) is 6.92 Å². The van der Waals surface area contributed by atoms with Gasteiger partial charge in [0.2, 0.25) is 5.78 Å². The number of carboxylic acids is 1. The van der Waals surface area contributed by atoms with E-state index in [4.69, 9.17) is 5.11 Å². The summed E-state index contributed by atoms with van der Waals surface area (Å²) in [5.41, 5.74) is -0.569. The summed E-state index contributed by atoms with van der Waals surface area (Å²) in [7, 11) is 0. The second-order valence-electron chi connectivity index (χ2n) is 11.0. The molecule has 0 aromatic carbocycles. The smallest absolute Gasteiger partial charge is 0.372 e. The number of aliphatic hydroxyl groups is 1. The number of halogens is 2. The first-order chi connectivity index (χ1) is 13.4. The summed E-state index contributed by atoms with van der Waals surface area (Å²) in [6.45, 7) is 5.87. The molecule has 164 valence electrons. The molecule has 0 spiro atoms. The van der Waals surface area contributed by atoms with Crippen LogP contribution in [0.1, 0.15) is 72.1 Å². The van der Waals surface area contributed by atoms with Gasteiger partial charge in [0.1, 0.15) is 0 Å². The lowest BCUT2D eigenvalue weighted by Gasteiger charge is -2.63. The first kappa shape index (κ1) is 21.2. The molecule has 3 unspecified atom stereocenters. The fourth-order valence-corrected chi connectivity index (χ4v) is 8.37. The van der Waals surface area contributed by atoms with Gasteiger partial charge in [-0.15, -0.1) is 0 Å². The minimum absolute atomic E-state index is 0.0638. The average molecular weight is 413 g/mol. The van der Waals surface area contributed by atoms with Gasteiger partial charge in [-0.05, 0) is 79.4 Å². The molecule has 6 heteroatoms. The van der Waals surface area contributed by atoms with Crippen LogP contribution < -0.4 is 0 Å². The highest BCUT2D eigenvalue weighted by molar-refractivity contribution is 6.33. The van der Waals surface area contributed by atoms with Gasteiger partial charge in [-0.2, -0.15) is 0 Å². The van der Waals surface area contributed by atoms with E-state index in [0.29, 0.717) is 32.1 Å². The van der Waals surface area contributed by atoms with Gasteiger partial charge in [0, 0.05) is 18.3 Å². The fraction of sp³-hybridized carbons (Fsp3) is 0.913. The molecule has 4 fully saturated rings. The van der Waals surface area contributed by atoms with Crippen molar-refractivity contribution in [2.75, 3.05) is 0 Å². The monoisotopic (exact) mass is 412 g/mol. The number of aliphatic carboxylic acids is 1. The second-order valence-corrected chi connectivity index (χ2v) is 11.0. The standard InChI is InChI=1S/C23H34F2O4/c1-12(19(27)20(28)29)15-4-5-16-18-17(7-9-22(15,16)3)21(2)8-6-14(26)10-13(21)11-23(18,24)25/h12-18,26H,4-11H2,1-3H3,(H,28,29)/t12-,13-,14+,15+,16?,17?,18?,21-,22+/m0/s1. The molecule has 2 N–H and O–H groups in total. The lowest BCUT2D eigenvalue weighted by molar-refractivity contribution is -0.238. The number of rotatable bonds is 3. The molecule has 0 bridgehead atoms. The largest absolute Gasteiger partial charge is 0.475 e. The van der Waals surface area contributed by atoms with E-state index >= 15 is 8.78 Å². The zero-order valence-electron chi connectivity index (χ0n) is 17.7. The van der Waals surface area contributed by atoms with Crippen molar-refractivity contribution >= 4 is 11.8 Å². The average Bonchev–Trinajstić information content (AvgIpc) is 2.98. The SMILES string of the molecule is C[C@H](C(=O)C(=O)O)[C@H]1CCC2C3C(CC[C@@]21C)[C@@]1(C)CC[C@@H](O)C[C@H]1CC3(F)F. The number of Topliss-reactive ketones (excluding diaryl/α,β-unsaturated/α-hetero) is 1. The maximum atomic E-state index is 15.6. The summed E-state index contributed by atoms with van der Waals surface area (Å²) in [5, 5.41) is 19.2. The van der Waals surface area contributed by atoms with Crippen LogP contribution in [0.2, 0.25) is 0 Å². The Morgan fingerprint density at radius 3 is 2.28 bits per heavy atom. The third kappa shape index (κ3) is 2.99. The molecule has 0 heterocycles. The van der Waals surface area contributed by atoms with Gasteiger partial charge in [-0.1, -0.05) is 20.8 Å². The highest BCUT2D eigenvalue weighted by Crippen LogP contribution is 2.71. The zero-order valence-corrected chi connectivity index (χ0v) is 17.7. The number of aliphatic hydroxyl groups excluding tert-OH is 1. The van der Waals surface area contributed by atoms with Crippen LogP contribution in [0.25, 0.3) is 0 Å². The van der Waals surface area contributed by atoms with E-state index in [-0.39, 0.29) is 35.5 Å². The van der Waals surface area contributed by atoms with Gasteiger partial charge in [0.15, 0.2) is 0 Å². The molecule has 0 amide bonds. The zero-order chi connectivity index (χ0) is 21.4. The molecule has 0 radical (unpaired) electrons. The van der Waals surface area contributed by atoms with Crippen molar-refractivity contribution in [2.24, 2.45) is 46.3 Å². The third-order valence-corrected chi connectivity index (χ3v) is 9.93. The van der Waals surface area contributed by atoms with E-state index in [1.165, 1.54) is 0 Å². The normalized spacial score (nSPS) is 49.4. The van der Waals surface area contributed by atoms with Crippen molar-refractivity contribution < 1.29 is 28.6 Å². The quantitative estimate of drug-likeness (QED) is 0.668. The van der Waals surface area contributed by atoms with Crippen molar-refractivity contribution in [3.8, 4) is 0 Å². The van der Waals surface area contributed by atoms with Gasteiger partial charge < -0.3 is 10.2 Å². The van der Waals surface area contributed by atoms with Crippen LogP contribution in [0.5, 0.6) is 0 Å². The summed E-state index contributed by atoms with van der Waals surface area (Å²) >= 11 is 0. The van der Waals surface area contributed by atoms with Crippen LogP contribution in [0.3, 0.4) is 0 Å². The van der Waals surface area contributed by atoms with Crippen LogP contribution >= 0.6 is 0 Å². The number of ketones is 1. The van der Waals surface area contributed by atoms with Gasteiger partial charge in [0.05, 0.1) is 6.10 Å². The van der Waals surface area contributed by atoms with E-state index < -0.39 is 41.0 Å². The summed E-state index contributed by atoms with van der Waals surface area (Å²) in [6, 6.07) is 0. The summed E-state index contributed by atoms with van der Waals surface area (Å²) < 4.78 is 31.2. The molecule has 4 aliphatic carbocycles. The molecule has 4 rings (SSSR count). The van der Waals surface area contributed by atoms with Crippen molar-refractivity contribution in [3.05, 3.63) is 0 Å². The van der Waals surface area contributed by atoms with Crippen molar-refractivity contribution in [2.45, 2.75) is 84.2 Å². The maximum absolute atomic E-state index is 15.6. The Hall–Kier alpha value is -1.04. The first-order valence-corrected chi connectivity index (χ1v) is 11.2. The Balaban J connectivity index is 1.66. The molecule has 0 aromatic rings. The van der Waals surface area contributed by atoms with Gasteiger partial charge >= 0.3 is 5.97 Å². The van der Waals surface area contributed by atoms with Crippen LogP contribution in [0.4, 0.5) is 8.78 Å². The van der Waals surface area contributed by atoms with E-state index in [2.05, 4.69) is 6.92 Å². The predicted octanol–water partition coefficient (Wildman–Crippen LogP) is 4.54. The molecular weight excluding hydrogens is 378 g/mol. The molecule has 0 aliphatic heterocycles. The van der Waals surface area contributed by atoms with Crippen LogP contribution in [-0.2, 0) is 9.59 Å². The number of alkyl halides is 2. The molecule has 0 aromatic heterocycles. The molecule has 9 atom stereocenters. The Morgan fingerprint density at radius 1 is 1.00 bits per heavy atom. The minimum Gasteiger partial charge on any atom is -0.475 e. The highest BCUT2D eigenvalue weighted by atomic mass is 19.3. The number of fused-ring (bicyclic) bond motifs is 5. The third-order valence-electron chi connectivity index (χ3n) is 9.93. The number of carbonyl (C=O) groups is 2.